The van der Waals surface area contributed by atoms with E-state index in [0.717, 1.165) is 22.3 Å². The second kappa shape index (κ2) is 10.4. The van der Waals surface area contributed by atoms with E-state index in [0.29, 0.717) is 23.5 Å². The number of hydrogen-bond donors (Lipinski definition) is 4. The van der Waals surface area contributed by atoms with E-state index < -0.39 is 11.3 Å². The molecular weight excluding hydrogens is 526 g/mol. The van der Waals surface area contributed by atoms with E-state index in [1.165, 1.54) is 0 Å². The van der Waals surface area contributed by atoms with E-state index >= 15 is 0 Å². The quantitative estimate of drug-likeness (QED) is 0.154. The highest BCUT2D eigenvalue weighted by molar-refractivity contribution is 5.79. The van der Waals surface area contributed by atoms with E-state index in [1.54, 1.807) is 0 Å². The lowest BCUT2D eigenvalue weighted by Gasteiger charge is -2.37. The van der Waals surface area contributed by atoms with Crippen molar-refractivity contribution in [2.45, 2.75) is 50.0 Å². The molecule has 1 saturated heterocycles. The zero-order valence-electron chi connectivity index (χ0n) is 23.5. The molecule has 2 aliphatic rings. The summed E-state index contributed by atoms with van der Waals surface area (Å²) in [6.45, 7) is 4.32. The molecule has 7 rings (SSSR count). The topological polar surface area (TPSA) is 104 Å². The number of anilines is 1. The number of rotatable bonds is 8. The van der Waals surface area contributed by atoms with E-state index in [1.807, 2.05) is 80.7 Å². The van der Waals surface area contributed by atoms with Gasteiger partial charge in [-0.2, -0.15) is 4.98 Å². The molecule has 0 bridgehead atoms. The SMILES string of the molecule is CC1(C)O[C@@H]2[C@@H](NCc3c[nH]c4nc(NC(c5ccccc5)(c5ccccc5)c5ccccc5)[nH]c(=O)c34)C=C[C@@H]2O1. The van der Waals surface area contributed by atoms with Crippen molar-refractivity contribution < 1.29 is 9.47 Å². The van der Waals surface area contributed by atoms with Crippen LogP contribution in [0.3, 0.4) is 0 Å². The van der Waals surface area contributed by atoms with Gasteiger partial charge in [0, 0.05) is 12.7 Å². The van der Waals surface area contributed by atoms with Crippen LogP contribution in [0, 0.1) is 0 Å². The molecule has 3 heterocycles. The summed E-state index contributed by atoms with van der Waals surface area (Å²) >= 11 is 0. The van der Waals surface area contributed by atoms with Crippen LogP contribution in [0.5, 0.6) is 0 Å². The maximum absolute atomic E-state index is 13.6. The average molecular weight is 560 g/mol. The molecule has 0 unspecified atom stereocenters. The smallest absolute Gasteiger partial charge is 0.262 e. The number of aromatic nitrogens is 3. The van der Waals surface area contributed by atoms with Gasteiger partial charge in [0.15, 0.2) is 5.79 Å². The van der Waals surface area contributed by atoms with Gasteiger partial charge in [0.05, 0.1) is 11.4 Å². The summed E-state index contributed by atoms with van der Waals surface area (Å²) in [5.74, 6) is -0.245. The Bertz CT molecular complexity index is 1680. The molecule has 8 nitrogen and oxygen atoms in total. The molecule has 4 N–H and O–H groups in total. The summed E-state index contributed by atoms with van der Waals surface area (Å²) in [6.07, 6.45) is 5.78. The number of aromatic amines is 2. The van der Waals surface area contributed by atoms with Crippen molar-refractivity contribution in [3.05, 3.63) is 142 Å². The lowest BCUT2D eigenvalue weighted by molar-refractivity contribution is -0.145. The Morgan fingerprint density at radius 1 is 0.857 bits per heavy atom. The van der Waals surface area contributed by atoms with Crippen molar-refractivity contribution in [3.8, 4) is 0 Å². The van der Waals surface area contributed by atoms with Gasteiger partial charge in [0.2, 0.25) is 5.95 Å². The van der Waals surface area contributed by atoms with Gasteiger partial charge in [-0.1, -0.05) is 103 Å². The third-order valence-corrected chi connectivity index (χ3v) is 8.10. The maximum Gasteiger partial charge on any atom is 0.262 e. The van der Waals surface area contributed by atoms with Crippen molar-refractivity contribution in [1.29, 1.82) is 0 Å². The number of H-pyrrole nitrogens is 2. The molecule has 0 radical (unpaired) electrons. The fourth-order valence-electron chi connectivity index (χ4n) is 6.25. The summed E-state index contributed by atoms with van der Waals surface area (Å²) in [4.78, 5) is 24.7. The summed E-state index contributed by atoms with van der Waals surface area (Å²) in [5.41, 5.74) is 3.38. The highest BCUT2D eigenvalue weighted by atomic mass is 16.8. The van der Waals surface area contributed by atoms with E-state index in [9.17, 15) is 4.79 Å². The number of fused-ring (bicyclic) bond motifs is 2. The molecule has 0 amide bonds. The highest BCUT2D eigenvalue weighted by Gasteiger charge is 2.46. The van der Waals surface area contributed by atoms with Gasteiger partial charge in [0.1, 0.15) is 23.4 Å². The van der Waals surface area contributed by atoms with Crippen molar-refractivity contribution in [3.63, 3.8) is 0 Å². The van der Waals surface area contributed by atoms with E-state index in [2.05, 4.69) is 63.1 Å². The second-order valence-electron chi connectivity index (χ2n) is 11.3. The predicted molar refractivity (Wildman–Crippen MR) is 163 cm³/mol. The number of benzene rings is 3. The van der Waals surface area contributed by atoms with Crippen LogP contribution < -0.4 is 16.2 Å². The summed E-state index contributed by atoms with van der Waals surface area (Å²) < 4.78 is 12.0. The molecule has 212 valence electrons. The van der Waals surface area contributed by atoms with Gasteiger partial charge in [-0.05, 0) is 36.1 Å². The standard InChI is InChI=1S/C34H33N5O3/c1-33(2)41-27-19-18-26(29(27)42-33)35-20-22-21-36-30-28(22)31(40)38-32(37-30)39-34(23-12-6-3-7-13-23,24-14-8-4-9-15-24)25-16-10-5-11-17-25/h3-19,21,26-27,29,35H,20H2,1-2H3,(H3,36,37,38,39,40)/t26-,27-,29+/m0/s1. The Hall–Kier alpha value is -4.50. The minimum Gasteiger partial charge on any atom is -0.346 e. The Balaban J connectivity index is 1.24. The van der Waals surface area contributed by atoms with Crippen LogP contribution >= 0.6 is 0 Å². The molecule has 42 heavy (non-hydrogen) atoms. The van der Waals surface area contributed by atoms with Crippen molar-refractivity contribution >= 4 is 17.0 Å². The summed E-state index contributed by atoms with van der Waals surface area (Å²) in [6, 6.07) is 30.6. The monoisotopic (exact) mass is 559 g/mol. The van der Waals surface area contributed by atoms with Gasteiger partial charge in [-0.3, -0.25) is 9.78 Å². The number of nitrogens with zero attached hydrogens (tertiary/aromatic N) is 1. The highest BCUT2D eigenvalue weighted by Crippen LogP contribution is 2.39. The molecule has 0 spiro atoms. The first-order chi connectivity index (χ1) is 20.4. The van der Waals surface area contributed by atoms with Crippen LogP contribution in [-0.4, -0.2) is 39.0 Å². The summed E-state index contributed by atoms with van der Waals surface area (Å²) in [7, 11) is 0. The van der Waals surface area contributed by atoms with Crippen LogP contribution in [0.15, 0.2) is 114 Å². The summed E-state index contributed by atoms with van der Waals surface area (Å²) in [5, 5.41) is 7.70. The molecule has 3 atom stereocenters. The van der Waals surface area contributed by atoms with Crippen LogP contribution in [0.25, 0.3) is 11.0 Å². The van der Waals surface area contributed by atoms with Crippen molar-refractivity contribution in [2.24, 2.45) is 0 Å². The third kappa shape index (κ3) is 4.63. The Morgan fingerprint density at radius 2 is 1.45 bits per heavy atom. The zero-order valence-corrected chi connectivity index (χ0v) is 23.5. The van der Waals surface area contributed by atoms with Crippen LogP contribution in [0.4, 0.5) is 5.95 Å². The van der Waals surface area contributed by atoms with Gasteiger partial charge >= 0.3 is 0 Å². The van der Waals surface area contributed by atoms with Crippen molar-refractivity contribution in [2.75, 3.05) is 5.32 Å². The Kier molecular flexibility index (Phi) is 6.54. The first kappa shape index (κ1) is 26.4. The average Bonchev–Trinajstić information content (AvgIpc) is 3.68. The number of nitrogens with one attached hydrogen (secondary N) is 4. The first-order valence-electron chi connectivity index (χ1n) is 14.3. The van der Waals surface area contributed by atoms with Gasteiger partial charge in [-0.25, -0.2) is 0 Å². The zero-order chi connectivity index (χ0) is 28.7. The molecule has 8 heteroatoms. The fraction of sp³-hybridized carbons (Fsp3) is 0.235. The van der Waals surface area contributed by atoms with Gasteiger partial charge < -0.3 is 25.1 Å². The predicted octanol–water partition coefficient (Wildman–Crippen LogP) is 5.20. The molecular formula is C34H33N5O3. The van der Waals surface area contributed by atoms with Crippen LogP contribution in [-0.2, 0) is 21.6 Å². The van der Waals surface area contributed by atoms with Gasteiger partial charge in [-0.15, -0.1) is 0 Å². The minimum atomic E-state index is -0.813. The molecule has 3 aromatic carbocycles. The largest absolute Gasteiger partial charge is 0.346 e. The Labute approximate surface area is 243 Å². The van der Waals surface area contributed by atoms with E-state index in [4.69, 9.17) is 14.5 Å². The molecule has 2 aromatic heterocycles. The molecule has 5 aromatic rings. The molecule has 1 aliphatic heterocycles. The number of ether oxygens (including phenoxy) is 2. The minimum absolute atomic E-state index is 0.0158. The lowest BCUT2D eigenvalue weighted by atomic mass is 9.77. The Morgan fingerprint density at radius 3 is 2.05 bits per heavy atom. The fourth-order valence-corrected chi connectivity index (χ4v) is 6.25. The maximum atomic E-state index is 13.6. The normalized spacial score (nSPS) is 21.0. The molecule has 0 saturated carbocycles. The first-order valence-corrected chi connectivity index (χ1v) is 14.3. The van der Waals surface area contributed by atoms with Crippen molar-refractivity contribution in [1.82, 2.24) is 20.3 Å². The molecule has 1 fully saturated rings. The van der Waals surface area contributed by atoms with E-state index in [-0.39, 0.29) is 23.8 Å². The van der Waals surface area contributed by atoms with Crippen LogP contribution in [0.2, 0.25) is 0 Å². The second-order valence-corrected chi connectivity index (χ2v) is 11.3. The van der Waals surface area contributed by atoms with Crippen LogP contribution in [0.1, 0.15) is 36.1 Å². The molecule has 1 aliphatic carbocycles. The third-order valence-electron chi connectivity index (χ3n) is 8.10. The number of hydrogen-bond acceptors (Lipinski definition) is 6. The lowest BCUT2D eigenvalue weighted by Crippen LogP contribution is -2.40. The van der Waals surface area contributed by atoms with Gasteiger partial charge in [0.25, 0.3) is 5.56 Å².